The number of hydrogen-bond donors (Lipinski definition) is 0. The summed E-state index contributed by atoms with van der Waals surface area (Å²) in [6.07, 6.45) is 8.02. The fourth-order valence-corrected chi connectivity index (χ4v) is 5.31. The van der Waals surface area contributed by atoms with Crippen molar-refractivity contribution in [3.63, 3.8) is 0 Å². The lowest BCUT2D eigenvalue weighted by Crippen LogP contribution is -2.38. The molecule has 0 fully saturated rings. The molecule has 0 amide bonds. The monoisotopic (exact) mass is 447 g/mol. The van der Waals surface area contributed by atoms with Gasteiger partial charge in [0.15, 0.2) is 12.0 Å². The molecular formula is C32H33NO. The van der Waals surface area contributed by atoms with Gasteiger partial charge in [-0.1, -0.05) is 129 Å². The second-order valence-electron chi connectivity index (χ2n) is 9.75. The predicted molar refractivity (Wildman–Crippen MR) is 141 cm³/mol. The van der Waals surface area contributed by atoms with Crippen LogP contribution in [0.3, 0.4) is 0 Å². The normalized spacial score (nSPS) is 27.0. The van der Waals surface area contributed by atoms with Crippen LogP contribution in [0.15, 0.2) is 114 Å². The first kappa shape index (κ1) is 22.4. The van der Waals surface area contributed by atoms with E-state index in [2.05, 4.69) is 130 Å². The predicted octanol–water partition coefficient (Wildman–Crippen LogP) is 8.22. The Kier molecular flexibility index (Phi) is 6.24. The van der Waals surface area contributed by atoms with Crippen LogP contribution in [0.2, 0.25) is 0 Å². The molecule has 1 aliphatic carbocycles. The largest absolute Gasteiger partial charge is 0.469 e. The highest BCUT2D eigenvalue weighted by Crippen LogP contribution is 2.50. The second kappa shape index (κ2) is 9.46. The quantitative estimate of drug-likeness (QED) is 0.373. The van der Waals surface area contributed by atoms with Gasteiger partial charge in [0.1, 0.15) is 6.04 Å². The molecule has 0 bridgehead atoms. The number of rotatable bonds is 6. The molecule has 0 spiro atoms. The molecule has 1 heterocycles. The molecule has 0 saturated heterocycles. The summed E-state index contributed by atoms with van der Waals surface area (Å²) in [6.45, 7) is 6.92. The molecule has 0 saturated carbocycles. The van der Waals surface area contributed by atoms with Gasteiger partial charge in [-0.15, -0.1) is 0 Å². The van der Waals surface area contributed by atoms with E-state index in [-0.39, 0.29) is 17.6 Å². The highest BCUT2D eigenvalue weighted by Gasteiger charge is 2.47. The number of benzene rings is 3. The first-order valence-electron chi connectivity index (χ1n) is 12.4. The highest BCUT2D eigenvalue weighted by molar-refractivity contribution is 5.90. The maximum atomic E-state index is 6.79. The molecule has 172 valence electrons. The summed E-state index contributed by atoms with van der Waals surface area (Å²) in [5.41, 5.74) is 4.59. The van der Waals surface area contributed by atoms with Crippen LogP contribution in [0.5, 0.6) is 0 Å². The molecule has 34 heavy (non-hydrogen) atoms. The zero-order valence-electron chi connectivity index (χ0n) is 20.3. The molecule has 3 aromatic carbocycles. The van der Waals surface area contributed by atoms with Gasteiger partial charge in [-0.3, -0.25) is 0 Å². The summed E-state index contributed by atoms with van der Waals surface area (Å²) in [5, 5.41) is 0. The van der Waals surface area contributed by atoms with Gasteiger partial charge >= 0.3 is 0 Å². The second-order valence-corrected chi connectivity index (χ2v) is 9.75. The summed E-state index contributed by atoms with van der Waals surface area (Å²) in [7, 11) is 0. The van der Waals surface area contributed by atoms with Crippen LogP contribution in [0.25, 0.3) is 5.57 Å². The van der Waals surface area contributed by atoms with Crippen molar-refractivity contribution in [2.75, 3.05) is 0 Å². The van der Waals surface area contributed by atoms with Crippen molar-refractivity contribution >= 4 is 11.5 Å². The molecule has 0 aromatic heterocycles. The molecule has 0 N–H and O–H groups in total. The van der Waals surface area contributed by atoms with Crippen molar-refractivity contribution in [3.05, 3.63) is 126 Å². The van der Waals surface area contributed by atoms with E-state index in [9.17, 15) is 0 Å². The number of aliphatic imine (C=N–C) groups is 1. The fraction of sp³-hybridized carbons (Fsp3) is 0.281. The summed E-state index contributed by atoms with van der Waals surface area (Å²) in [5.74, 6) is 1.63. The Labute approximate surface area is 203 Å². The molecule has 1 aliphatic heterocycles. The van der Waals surface area contributed by atoms with Gasteiger partial charge in [-0.25, -0.2) is 4.99 Å². The van der Waals surface area contributed by atoms with Gasteiger partial charge in [0.2, 0.25) is 0 Å². The molecule has 5 atom stereocenters. The average molecular weight is 448 g/mol. The summed E-state index contributed by atoms with van der Waals surface area (Å²) in [4.78, 5) is 5.29. The van der Waals surface area contributed by atoms with E-state index in [1.807, 2.05) is 0 Å². The Bertz CT molecular complexity index is 1200. The fourth-order valence-electron chi connectivity index (χ4n) is 5.31. The smallest absolute Gasteiger partial charge is 0.195 e. The van der Waals surface area contributed by atoms with Gasteiger partial charge in [0.25, 0.3) is 0 Å². The SMILES string of the molecule is CCC(C)[C@@H]1C=C(c2ccccc2)C=C[C@]1(C)C1=N[C@H](c2ccccc2)[C@@H](c2ccccc2)O1. The molecular weight excluding hydrogens is 414 g/mol. The van der Waals surface area contributed by atoms with Crippen LogP contribution < -0.4 is 0 Å². The van der Waals surface area contributed by atoms with Crippen LogP contribution in [-0.2, 0) is 4.74 Å². The van der Waals surface area contributed by atoms with E-state index in [1.165, 1.54) is 22.3 Å². The van der Waals surface area contributed by atoms with Gasteiger partial charge in [0.05, 0.1) is 5.41 Å². The van der Waals surface area contributed by atoms with Gasteiger partial charge in [-0.05, 0) is 41.0 Å². The van der Waals surface area contributed by atoms with Crippen molar-refractivity contribution in [2.24, 2.45) is 22.2 Å². The lowest BCUT2D eigenvalue weighted by atomic mass is 9.66. The van der Waals surface area contributed by atoms with Crippen molar-refractivity contribution in [1.29, 1.82) is 0 Å². The summed E-state index contributed by atoms with van der Waals surface area (Å²) in [6, 6.07) is 31.7. The maximum Gasteiger partial charge on any atom is 0.195 e. The third kappa shape index (κ3) is 4.14. The minimum absolute atomic E-state index is 0.0547. The minimum Gasteiger partial charge on any atom is -0.469 e. The standard InChI is InChI=1S/C32H33NO/c1-4-23(2)28-22-27(24-14-8-5-9-15-24)20-21-32(28,3)31-33-29(25-16-10-6-11-17-25)30(34-31)26-18-12-7-13-19-26/h5-23,28-30H,4H2,1-3H3/t23?,28-,29+,30+,32-/m0/s1. The lowest BCUT2D eigenvalue weighted by molar-refractivity contribution is 0.160. The van der Waals surface area contributed by atoms with Crippen molar-refractivity contribution < 1.29 is 4.74 Å². The molecule has 2 heteroatoms. The van der Waals surface area contributed by atoms with E-state index in [0.29, 0.717) is 11.8 Å². The van der Waals surface area contributed by atoms with E-state index in [4.69, 9.17) is 9.73 Å². The first-order valence-corrected chi connectivity index (χ1v) is 12.4. The first-order chi connectivity index (χ1) is 16.6. The third-order valence-corrected chi connectivity index (χ3v) is 7.54. The Hall–Kier alpha value is -3.39. The Balaban J connectivity index is 1.55. The van der Waals surface area contributed by atoms with E-state index in [1.54, 1.807) is 0 Å². The molecule has 1 unspecified atom stereocenters. The van der Waals surface area contributed by atoms with Gasteiger partial charge in [0, 0.05) is 0 Å². The summed E-state index contributed by atoms with van der Waals surface area (Å²) >= 11 is 0. The van der Waals surface area contributed by atoms with Crippen molar-refractivity contribution in [1.82, 2.24) is 0 Å². The zero-order chi connectivity index (χ0) is 23.5. The number of hydrogen-bond acceptors (Lipinski definition) is 2. The summed E-state index contributed by atoms with van der Waals surface area (Å²) < 4.78 is 6.79. The van der Waals surface area contributed by atoms with E-state index < -0.39 is 0 Å². The third-order valence-electron chi connectivity index (χ3n) is 7.54. The molecule has 5 rings (SSSR count). The van der Waals surface area contributed by atoms with Crippen LogP contribution in [0.1, 0.15) is 56.0 Å². The number of allylic oxidation sites excluding steroid dienone is 3. The zero-order valence-corrected chi connectivity index (χ0v) is 20.3. The van der Waals surface area contributed by atoms with E-state index >= 15 is 0 Å². The average Bonchev–Trinajstić information content (AvgIpc) is 3.36. The highest BCUT2D eigenvalue weighted by atomic mass is 16.5. The molecule has 3 aromatic rings. The van der Waals surface area contributed by atoms with Crippen molar-refractivity contribution in [3.8, 4) is 0 Å². The van der Waals surface area contributed by atoms with Crippen LogP contribution in [0.4, 0.5) is 0 Å². The van der Waals surface area contributed by atoms with Crippen LogP contribution in [-0.4, -0.2) is 5.90 Å². The topological polar surface area (TPSA) is 21.6 Å². The number of nitrogens with zero attached hydrogens (tertiary/aromatic N) is 1. The minimum atomic E-state index is -0.301. The van der Waals surface area contributed by atoms with Crippen LogP contribution in [0, 0.1) is 17.3 Å². The van der Waals surface area contributed by atoms with Crippen LogP contribution >= 0.6 is 0 Å². The Morgan fingerprint density at radius 2 is 1.44 bits per heavy atom. The number of ether oxygens (including phenoxy) is 1. The Morgan fingerprint density at radius 1 is 0.853 bits per heavy atom. The molecule has 2 nitrogen and oxygen atoms in total. The van der Waals surface area contributed by atoms with Gasteiger partial charge in [-0.2, -0.15) is 0 Å². The lowest BCUT2D eigenvalue weighted by Gasteiger charge is -2.39. The van der Waals surface area contributed by atoms with Gasteiger partial charge < -0.3 is 4.74 Å². The molecule has 2 aliphatic rings. The van der Waals surface area contributed by atoms with E-state index in [0.717, 1.165) is 12.3 Å². The maximum absolute atomic E-state index is 6.79. The molecule has 0 radical (unpaired) electrons. The Morgan fingerprint density at radius 3 is 2.06 bits per heavy atom. The van der Waals surface area contributed by atoms with Crippen molar-refractivity contribution in [2.45, 2.75) is 39.3 Å².